The maximum atomic E-state index is 13.4. The molecule has 48 heavy (non-hydrogen) atoms. The summed E-state index contributed by atoms with van der Waals surface area (Å²) >= 11 is 0. The van der Waals surface area contributed by atoms with Gasteiger partial charge in [-0.1, -0.05) is 0 Å². The largest absolute Gasteiger partial charge is 0.483 e. The number of rotatable bonds is 13. The Morgan fingerprint density at radius 3 is 2.25 bits per heavy atom. The molecular formula is C21H29N7O17P3+. The molecule has 9 unspecified atom stereocenters. The molecule has 0 aliphatic carbocycles. The SMILES string of the molecule is NC(=O)c1ccc[n+](C2OC(COP(=O)(OCC3OC(n4cnc5c(N)ncnc54)C(OP(=O)(O)O)C3O)OP(=O)(O)O)C(O)C2O)c1. The van der Waals surface area contributed by atoms with Crippen LogP contribution in [0.5, 0.6) is 0 Å². The Labute approximate surface area is 267 Å². The van der Waals surface area contributed by atoms with Gasteiger partial charge in [-0.15, -0.1) is 0 Å². The lowest BCUT2D eigenvalue weighted by atomic mass is 10.1. The number of ether oxygens (including phenoxy) is 2. The molecule has 5 heterocycles. The summed E-state index contributed by atoms with van der Waals surface area (Å²) < 4.78 is 69.4. The maximum absolute atomic E-state index is 13.4. The van der Waals surface area contributed by atoms with Crippen LogP contribution < -0.4 is 16.0 Å². The van der Waals surface area contributed by atoms with E-state index in [1.54, 1.807) is 0 Å². The maximum Gasteiger partial charge on any atom is 0.483 e. The molecule has 0 aromatic carbocycles. The van der Waals surface area contributed by atoms with Gasteiger partial charge in [-0.2, -0.15) is 8.88 Å². The number of hydrogen-bond donors (Lipinski definition) is 9. The number of carbonyl (C=O) groups is 1. The van der Waals surface area contributed by atoms with Crippen molar-refractivity contribution >= 4 is 46.4 Å². The standard InChI is InChI=1S/C21H28N7O17P3/c22-17-12-19(25-7-24-17)28(8-26-12)21-16(44-46(33,34)35)14(30)11(43-21)6-41-48(39,45-47(36,37)38)40-5-10-13(29)15(31)20(42-10)27-3-1-2-9(4-27)18(23)32/h1-4,7-8,10-11,13-16,20-21,29-31H,5-6H2,(H7-,22,23,24,25,32,33,34,35,36,37,38)/p+1. The van der Waals surface area contributed by atoms with Crippen molar-refractivity contribution in [2.24, 2.45) is 5.73 Å². The fourth-order valence-electron chi connectivity index (χ4n) is 4.86. The first-order chi connectivity index (χ1) is 22.4. The molecule has 2 aliphatic rings. The Hall–Kier alpha value is -2.86. The van der Waals surface area contributed by atoms with Crippen molar-refractivity contribution < 1.29 is 85.3 Å². The summed E-state index contributed by atoms with van der Waals surface area (Å²) in [4.78, 5) is 61.0. The van der Waals surface area contributed by atoms with Crippen LogP contribution >= 0.6 is 23.5 Å². The number of phosphoric ester groups is 2. The van der Waals surface area contributed by atoms with E-state index in [9.17, 15) is 53.4 Å². The van der Waals surface area contributed by atoms with E-state index in [1.165, 1.54) is 29.1 Å². The normalized spacial score (nSPS) is 29.3. The van der Waals surface area contributed by atoms with Crippen molar-refractivity contribution in [1.29, 1.82) is 0 Å². The average molecular weight is 744 g/mol. The number of pyridine rings is 1. The van der Waals surface area contributed by atoms with Crippen LogP contribution in [0.15, 0.2) is 37.2 Å². The first kappa shape index (κ1) is 36.4. The number of anilines is 1. The average Bonchev–Trinajstić information content (AvgIpc) is 3.64. The lowest BCUT2D eigenvalue weighted by Crippen LogP contribution is -2.46. The molecule has 0 spiro atoms. The Morgan fingerprint density at radius 2 is 1.62 bits per heavy atom. The van der Waals surface area contributed by atoms with Crippen LogP contribution in [0.3, 0.4) is 0 Å². The predicted octanol–water partition coefficient (Wildman–Crippen LogP) is -2.90. The monoisotopic (exact) mass is 744 g/mol. The summed E-state index contributed by atoms with van der Waals surface area (Å²) in [7, 11) is -16.3. The number of primary amides is 1. The highest BCUT2D eigenvalue weighted by Gasteiger charge is 2.52. The van der Waals surface area contributed by atoms with Gasteiger partial charge in [0, 0.05) is 6.07 Å². The quantitative estimate of drug-likeness (QED) is 0.0626. The molecule has 1 amide bonds. The third-order valence-corrected chi connectivity index (χ3v) is 10.1. The van der Waals surface area contributed by atoms with Gasteiger partial charge in [0.2, 0.25) is 0 Å². The first-order valence-electron chi connectivity index (χ1n) is 13.3. The van der Waals surface area contributed by atoms with Crippen molar-refractivity contribution in [2.45, 2.75) is 49.1 Å². The van der Waals surface area contributed by atoms with Crippen molar-refractivity contribution in [1.82, 2.24) is 19.5 Å². The zero-order valence-electron chi connectivity index (χ0n) is 23.9. The van der Waals surface area contributed by atoms with E-state index < -0.39 is 91.7 Å². The highest BCUT2D eigenvalue weighted by atomic mass is 31.3. The number of aliphatic hydroxyl groups excluding tert-OH is 3. The second-order valence-corrected chi connectivity index (χ2v) is 14.5. The van der Waals surface area contributed by atoms with Crippen LogP contribution in [0.4, 0.5) is 5.82 Å². The number of carbonyl (C=O) groups excluding carboxylic acids is 1. The molecule has 3 aromatic heterocycles. The number of nitrogen functional groups attached to an aromatic ring is 1. The van der Waals surface area contributed by atoms with Gasteiger partial charge in [0.1, 0.15) is 47.9 Å². The van der Waals surface area contributed by atoms with Gasteiger partial charge in [-0.05, 0) is 6.07 Å². The molecule has 27 heteroatoms. The molecular weight excluding hydrogens is 715 g/mol. The van der Waals surface area contributed by atoms with Gasteiger partial charge in [-0.25, -0.2) is 28.6 Å². The third-order valence-electron chi connectivity index (χ3n) is 6.97. The van der Waals surface area contributed by atoms with Crippen LogP contribution in [-0.2, 0) is 41.1 Å². The Balaban J connectivity index is 1.32. The zero-order valence-corrected chi connectivity index (χ0v) is 26.6. The number of nitrogens with zero attached hydrogens (tertiary/aromatic N) is 5. The summed E-state index contributed by atoms with van der Waals surface area (Å²) in [6.45, 7) is -2.03. The van der Waals surface area contributed by atoms with E-state index in [0.29, 0.717) is 0 Å². The number of hydrogen-bond acceptors (Lipinski definition) is 17. The van der Waals surface area contributed by atoms with Crippen LogP contribution in [-0.4, -0.2) is 110 Å². The minimum Gasteiger partial charge on any atom is -0.387 e. The molecule has 2 saturated heterocycles. The van der Waals surface area contributed by atoms with Crippen LogP contribution in [0.25, 0.3) is 11.2 Å². The van der Waals surface area contributed by atoms with E-state index >= 15 is 0 Å². The fourth-order valence-corrected chi connectivity index (χ4v) is 7.56. The summed E-state index contributed by atoms with van der Waals surface area (Å²) in [6, 6.07) is 2.78. The molecule has 3 aromatic rings. The molecule has 24 nitrogen and oxygen atoms in total. The molecule has 9 atom stereocenters. The zero-order chi connectivity index (χ0) is 35.2. The van der Waals surface area contributed by atoms with Gasteiger partial charge >= 0.3 is 23.5 Å². The van der Waals surface area contributed by atoms with Crippen LogP contribution in [0.2, 0.25) is 0 Å². The van der Waals surface area contributed by atoms with Gasteiger partial charge in [-0.3, -0.25) is 22.9 Å². The highest BCUT2D eigenvalue weighted by molar-refractivity contribution is 7.61. The number of fused-ring (bicyclic) bond motifs is 1. The molecule has 0 radical (unpaired) electrons. The van der Waals surface area contributed by atoms with Gasteiger partial charge in [0.15, 0.2) is 36.2 Å². The highest BCUT2D eigenvalue weighted by Crippen LogP contribution is 2.61. The third kappa shape index (κ3) is 8.12. The van der Waals surface area contributed by atoms with Gasteiger partial charge in [0.25, 0.3) is 12.1 Å². The molecule has 2 aliphatic heterocycles. The number of aliphatic hydroxyl groups is 3. The molecule has 5 rings (SSSR count). The predicted molar refractivity (Wildman–Crippen MR) is 150 cm³/mol. The number of aromatic nitrogens is 5. The Bertz CT molecular complexity index is 1800. The van der Waals surface area contributed by atoms with Crippen molar-refractivity contribution in [3.8, 4) is 0 Å². The molecule has 11 N–H and O–H groups in total. The summed E-state index contributed by atoms with van der Waals surface area (Å²) in [5.41, 5.74) is 11.1. The number of imidazole rings is 1. The van der Waals surface area contributed by atoms with Gasteiger partial charge in [0.05, 0.1) is 19.5 Å². The number of amides is 1. The van der Waals surface area contributed by atoms with E-state index in [-0.39, 0.29) is 22.5 Å². The molecule has 0 bridgehead atoms. The Morgan fingerprint density at radius 1 is 0.958 bits per heavy atom. The van der Waals surface area contributed by atoms with E-state index in [2.05, 4.69) is 19.3 Å². The Kier molecular flexibility index (Phi) is 10.5. The minimum absolute atomic E-state index is 0.00505. The minimum atomic E-state index is -5.63. The van der Waals surface area contributed by atoms with Crippen molar-refractivity contribution in [3.63, 3.8) is 0 Å². The molecule has 2 fully saturated rings. The second kappa shape index (κ2) is 13.8. The van der Waals surface area contributed by atoms with E-state index in [0.717, 1.165) is 17.2 Å². The van der Waals surface area contributed by atoms with Crippen LogP contribution in [0.1, 0.15) is 22.8 Å². The van der Waals surface area contributed by atoms with Crippen molar-refractivity contribution in [2.75, 3.05) is 18.9 Å². The van der Waals surface area contributed by atoms with Crippen LogP contribution in [0, 0.1) is 0 Å². The topological polar surface area (TPSA) is 365 Å². The first-order valence-corrected chi connectivity index (χ1v) is 17.9. The van der Waals surface area contributed by atoms with Crippen molar-refractivity contribution in [3.05, 3.63) is 42.7 Å². The smallest absolute Gasteiger partial charge is 0.387 e. The lowest BCUT2D eigenvalue weighted by Gasteiger charge is -2.23. The van der Waals surface area contributed by atoms with E-state index in [1.807, 2.05) is 0 Å². The number of nitrogens with two attached hydrogens (primary N) is 2. The number of phosphoric acid groups is 3. The fraction of sp³-hybridized carbons (Fsp3) is 0.476. The molecule has 0 saturated carbocycles. The van der Waals surface area contributed by atoms with Gasteiger partial charge < -0.3 is 55.8 Å². The summed E-state index contributed by atoms with van der Waals surface area (Å²) in [5, 5.41) is 32.0. The van der Waals surface area contributed by atoms with E-state index in [4.69, 9.17) is 34.5 Å². The molecule has 264 valence electrons. The summed E-state index contributed by atoms with van der Waals surface area (Å²) in [6.07, 6.45) is -8.61. The second-order valence-electron chi connectivity index (χ2n) is 10.3. The summed E-state index contributed by atoms with van der Waals surface area (Å²) in [5.74, 6) is -0.866. The lowest BCUT2D eigenvalue weighted by molar-refractivity contribution is -0.765.